The molecule has 2 aromatic carbocycles. The van der Waals surface area contributed by atoms with Gasteiger partial charge >= 0.3 is 0 Å². The molecule has 0 amide bonds. The van der Waals surface area contributed by atoms with Crippen LogP contribution in [0, 0.1) is 5.82 Å². The molecule has 0 heterocycles. The van der Waals surface area contributed by atoms with Crippen LogP contribution in [0.5, 0.6) is 0 Å². The SMILES string of the molecule is CNC(c1cc(F)ccc1Cl)c1c(Cl)cccc1Cl. The van der Waals surface area contributed by atoms with E-state index in [4.69, 9.17) is 34.8 Å². The normalized spacial score (nSPS) is 12.5. The Balaban J connectivity index is 2.59. The lowest BCUT2D eigenvalue weighted by Crippen LogP contribution is -2.19. The van der Waals surface area contributed by atoms with Gasteiger partial charge in [0.1, 0.15) is 5.82 Å². The molecule has 1 atom stereocenters. The van der Waals surface area contributed by atoms with E-state index in [0.29, 0.717) is 26.2 Å². The second-order valence-corrected chi connectivity index (χ2v) is 5.24. The fourth-order valence-electron chi connectivity index (χ4n) is 1.98. The van der Waals surface area contributed by atoms with Gasteiger partial charge in [-0.2, -0.15) is 0 Å². The van der Waals surface area contributed by atoms with Crippen LogP contribution >= 0.6 is 34.8 Å². The average molecular weight is 319 g/mol. The van der Waals surface area contributed by atoms with Crippen LogP contribution in [0.25, 0.3) is 0 Å². The van der Waals surface area contributed by atoms with Gasteiger partial charge in [-0.25, -0.2) is 4.39 Å². The monoisotopic (exact) mass is 317 g/mol. The van der Waals surface area contributed by atoms with Crippen molar-refractivity contribution in [2.75, 3.05) is 7.05 Å². The largest absolute Gasteiger partial charge is 0.309 e. The number of hydrogen-bond acceptors (Lipinski definition) is 1. The van der Waals surface area contributed by atoms with E-state index in [1.165, 1.54) is 18.2 Å². The van der Waals surface area contributed by atoms with Crippen molar-refractivity contribution in [2.24, 2.45) is 0 Å². The van der Waals surface area contributed by atoms with Gasteiger partial charge in [-0.15, -0.1) is 0 Å². The van der Waals surface area contributed by atoms with Crippen LogP contribution in [0.3, 0.4) is 0 Å². The van der Waals surface area contributed by atoms with E-state index in [2.05, 4.69) is 5.32 Å². The third-order valence-corrected chi connectivity index (χ3v) is 3.85. The molecule has 0 aliphatic heterocycles. The van der Waals surface area contributed by atoms with Crippen molar-refractivity contribution in [2.45, 2.75) is 6.04 Å². The molecule has 100 valence electrons. The summed E-state index contributed by atoms with van der Waals surface area (Å²) in [5.41, 5.74) is 1.28. The van der Waals surface area contributed by atoms with Gasteiger partial charge in [0.05, 0.1) is 6.04 Å². The van der Waals surface area contributed by atoms with Crippen molar-refractivity contribution in [3.05, 3.63) is 68.4 Å². The van der Waals surface area contributed by atoms with Crippen molar-refractivity contribution in [1.29, 1.82) is 0 Å². The summed E-state index contributed by atoms with van der Waals surface area (Å²) >= 11 is 18.5. The molecule has 1 unspecified atom stereocenters. The van der Waals surface area contributed by atoms with E-state index < -0.39 is 0 Å². The lowest BCUT2D eigenvalue weighted by molar-refractivity contribution is 0.617. The first-order chi connectivity index (χ1) is 9.04. The molecule has 0 aromatic heterocycles. The standard InChI is InChI=1S/C14H11Cl3FN/c1-19-14(9-7-8(18)5-6-10(9)15)13-11(16)3-2-4-12(13)17/h2-7,14,19H,1H3. The maximum absolute atomic E-state index is 13.4. The molecule has 0 saturated heterocycles. The molecular formula is C14H11Cl3FN. The summed E-state index contributed by atoms with van der Waals surface area (Å²) in [6.45, 7) is 0. The predicted octanol–water partition coefficient (Wildman–Crippen LogP) is 5.09. The van der Waals surface area contributed by atoms with Gasteiger partial charge < -0.3 is 5.32 Å². The lowest BCUT2D eigenvalue weighted by atomic mass is 9.98. The zero-order valence-corrected chi connectivity index (χ0v) is 12.3. The first kappa shape index (κ1) is 14.6. The molecule has 0 aliphatic rings. The minimum Gasteiger partial charge on any atom is -0.309 e. The summed E-state index contributed by atoms with van der Waals surface area (Å²) < 4.78 is 13.4. The Labute approximate surface area is 126 Å². The van der Waals surface area contributed by atoms with E-state index >= 15 is 0 Å². The van der Waals surface area contributed by atoms with Crippen LogP contribution in [0.4, 0.5) is 4.39 Å². The van der Waals surface area contributed by atoms with Crippen molar-refractivity contribution < 1.29 is 4.39 Å². The van der Waals surface area contributed by atoms with Gasteiger partial charge in [0, 0.05) is 20.6 Å². The van der Waals surface area contributed by atoms with Gasteiger partial charge in [0.15, 0.2) is 0 Å². The van der Waals surface area contributed by atoms with Crippen molar-refractivity contribution in [1.82, 2.24) is 5.32 Å². The summed E-state index contributed by atoms with van der Waals surface area (Å²) in [4.78, 5) is 0. The smallest absolute Gasteiger partial charge is 0.123 e. The van der Waals surface area contributed by atoms with Gasteiger partial charge in [0.25, 0.3) is 0 Å². The fraction of sp³-hybridized carbons (Fsp3) is 0.143. The van der Waals surface area contributed by atoms with Crippen LogP contribution in [0.15, 0.2) is 36.4 Å². The summed E-state index contributed by atoms with van der Waals surface area (Å²) in [5, 5.41) is 4.53. The molecule has 0 saturated carbocycles. The molecule has 0 radical (unpaired) electrons. The van der Waals surface area contributed by atoms with Crippen molar-refractivity contribution in [3.63, 3.8) is 0 Å². The zero-order valence-electron chi connectivity index (χ0n) is 10.1. The quantitative estimate of drug-likeness (QED) is 0.830. The van der Waals surface area contributed by atoms with Crippen LogP contribution in [-0.4, -0.2) is 7.05 Å². The minimum absolute atomic E-state index is 0.358. The zero-order chi connectivity index (χ0) is 14.0. The molecular weight excluding hydrogens is 308 g/mol. The molecule has 0 bridgehead atoms. The molecule has 2 rings (SSSR count). The first-order valence-electron chi connectivity index (χ1n) is 5.60. The minimum atomic E-state index is -0.371. The van der Waals surface area contributed by atoms with Crippen molar-refractivity contribution >= 4 is 34.8 Å². The number of benzene rings is 2. The fourth-order valence-corrected chi connectivity index (χ4v) is 2.82. The Morgan fingerprint density at radius 1 is 1.00 bits per heavy atom. The van der Waals surface area contributed by atoms with E-state index in [9.17, 15) is 4.39 Å². The lowest BCUT2D eigenvalue weighted by Gasteiger charge is -2.21. The highest BCUT2D eigenvalue weighted by molar-refractivity contribution is 6.36. The Kier molecular flexibility index (Phi) is 4.69. The number of nitrogens with one attached hydrogen (secondary N) is 1. The van der Waals surface area contributed by atoms with Crippen LogP contribution < -0.4 is 5.32 Å². The second kappa shape index (κ2) is 6.10. The Hall–Kier alpha value is -0.800. The maximum Gasteiger partial charge on any atom is 0.123 e. The highest BCUT2D eigenvalue weighted by Crippen LogP contribution is 2.36. The topological polar surface area (TPSA) is 12.0 Å². The summed E-state index contributed by atoms with van der Waals surface area (Å²) in [7, 11) is 1.74. The predicted molar refractivity (Wildman–Crippen MR) is 78.8 cm³/mol. The highest BCUT2D eigenvalue weighted by Gasteiger charge is 2.21. The molecule has 0 aliphatic carbocycles. The molecule has 5 heteroatoms. The van der Waals surface area contributed by atoms with E-state index in [0.717, 1.165) is 0 Å². The Bertz CT molecular complexity index is 581. The summed E-state index contributed by atoms with van der Waals surface area (Å²) in [5.74, 6) is -0.358. The number of halogens is 4. The van der Waals surface area contributed by atoms with E-state index in [1.54, 1.807) is 25.2 Å². The molecule has 1 N–H and O–H groups in total. The Morgan fingerprint density at radius 3 is 2.21 bits per heavy atom. The third-order valence-electron chi connectivity index (χ3n) is 2.85. The van der Waals surface area contributed by atoms with Gasteiger partial charge in [0.2, 0.25) is 0 Å². The van der Waals surface area contributed by atoms with Gasteiger partial charge in [-0.05, 0) is 42.9 Å². The van der Waals surface area contributed by atoms with Crippen molar-refractivity contribution in [3.8, 4) is 0 Å². The average Bonchev–Trinajstić information content (AvgIpc) is 2.37. The molecule has 2 aromatic rings. The summed E-state index contributed by atoms with van der Waals surface area (Å²) in [6, 6.07) is 9.07. The van der Waals surface area contributed by atoms with Gasteiger partial charge in [-0.1, -0.05) is 40.9 Å². The first-order valence-corrected chi connectivity index (χ1v) is 6.74. The number of rotatable bonds is 3. The molecule has 19 heavy (non-hydrogen) atoms. The summed E-state index contributed by atoms with van der Waals surface area (Å²) in [6.07, 6.45) is 0. The highest BCUT2D eigenvalue weighted by atomic mass is 35.5. The molecule has 0 spiro atoms. The van der Waals surface area contributed by atoms with Crippen LogP contribution in [0.1, 0.15) is 17.2 Å². The molecule has 1 nitrogen and oxygen atoms in total. The van der Waals surface area contributed by atoms with E-state index in [1.807, 2.05) is 0 Å². The van der Waals surface area contributed by atoms with Crippen LogP contribution in [-0.2, 0) is 0 Å². The van der Waals surface area contributed by atoms with E-state index in [-0.39, 0.29) is 11.9 Å². The van der Waals surface area contributed by atoms with Gasteiger partial charge in [-0.3, -0.25) is 0 Å². The second-order valence-electron chi connectivity index (χ2n) is 4.02. The number of hydrogen-bond donors (Lipinski definition) is 1. The Morgan fingerprint density at radius 2 is 1.63 bits per heavy atom. The maximum atomic E-state index is 13.4. The third kappa shape index (κ3) is 3.03. The molecule has 0 fully saturated rings. The van der Waals surface area contributed by atoms with Crippen LogP contribution in [0.2, 0.25) is 15.1 Å².